The third-order valence-corrected chi connectivity index (χ3v) is 4.49. The summed E-state index contributed by atoms with van der Waals surface area (Å²) in [4.78, 5) is 4.40. The van der Waals surface area contributed by atoms with Crippen molar-refractivity contribution in [1.82, 2.24) is 4.98 Å². The lowest BCUT2D eigenvalue weighted by atomic mass is 10.2. The summed E-state index contributed by atoms with van der Waals surface area (Å²) in [6.45, 7) is 1.63. The zero-order chi connectivity index (χ0) is 12.4. The van der Waals surface area contributed by atoms with Crippen LogP contribution in [0, 0.1) is 5.82 Å². The highest BCUT2D eigenvalue weighted by molar-refractivity contribution is 8.00. The monoisotopic (exact) mass is 263 g/mol. The van der Waals surface area contributed by atoms with Crippen LogP contribution >= 0.6 is 11.8 Å². The van der Waals surface area contributed by atoms with Gasteiger partial charge in [-0.2, -0.15) is 0 Å². The van der Waals surface area contributed by atoms with Crippen molar-refractivity contribution >= 4 is 22.5 Å². The molecule has 1 saturated heterocycles. The number of ether oxygens (including phenoxy) is 1. The number of fused-ring (bicyclic) bond motifs is 1. The van der Waals surface area contributed by atoms with Gasteiger partial charge in [0.05, 0.1) is 0 Å². The third-order valence-electron chi connectivity index (χ3n) is 3.14. The second-order valence-electron chi connectivity index (χ2n) is 4.41. The normalized spacial score (nSPS) is 17.2. The minimum absolute atomic E-state index is 0.204. The van der Waals surface area contributed by atoms with Gasteiger partial charge in [-0.3, -0.25) is 0 Å². The van der Waals surface area contributed by atoms with Crippen LogP contribution < -0.4 is 0 Å². The van der Waals surface area contributed by atoms with Crippen LogP contribution in [-0.4, -0.2) is 23.4 Å². The molecule has 0 radical (unpaired) electrons. The van der Waals surface area contributed by atoms with Crippen LogP contribution in [0.4, 0.5) is 4.39 Å². The van der Waals surface area contributed by atoms with E-state index in [1.54, 1.807) is 30.1 Å². The van der Waals surface area contributed by atoms with Crippen molar-refractivity contribution in [2.75, 3.05) is 13.2 Å². The number of nitrogens with zero attached hydrogens (tertiary/aromatic N) is 1. The van der Waals surface area contributed by atoms with E-state index in [0.717, 1.165) is 41.9 Å². The molecule has 2 aromatic rings. The first-order valence-electron chi connectivity index (χ1n) is 6.11. The van der Waals surface area contributed by atoms with Gasteiger partial charge in [-0.05, 0) is 36.4 Å². The van der Waals surface area contributed by atoms with E-state index in [4.69, 9.17) is 4.74 Å². The number of benzene rings is 1. The van der Waals surface area contributed by atoms with Gasteiger partial charge in [0.25, 0.3) is 0 Å². The van der Waals surface area contributed by atoms with Gasteiger partial charge >= 0.3 is 0 Å². The van der Waals surface area contributed by atoms with Gasteiger partial charge < -0.3 is 4.74 Å². The molecule has 0 N–H and O–H groups in total. The Balaban J connectivity index is 1.92. The smallest absolute Gasteiger partial charge is 0.123 e. The van der Waals surface area contributed by atoms with E-state index >= 15 is 0 Å². The minimum atomic E-state index is -0.204. The zero-order valence-corrected chi connectivity index (χ0v) is 10.8. The SMILES string of the molecule is Fc1ccc2ccnc(SC3CCOCC3)c2c1. The summed E-state index contributed by atoms with van der Waals surface area (Å²) in [6.07, 6.45) is 3.87. The molecule has 2 nitrogen and oxygen atoms in total. The highest BCUT2D eigenvalue weighted by Gasteiger charge is 2.17. The fraction of sp³-hybridized carbons (Fsp3) is 0.357. The predicted molar refractivity (Wildman–Crippen MR) is 71.4 cm³/mol. The quantitative estimate of drug-likeness (QED) is 0.825. The summed E-state index contributed by atoms with van der Waals surface area (Å²) < 4.78 is 18.7. The number of thioether (sulfide) groups is 1. The Hall–Kier alpha value is -1.13. The van der Waals surface area contributed by atoms with E-state index in [2.05, 4.69) is 4.98 Å². The molecule has 0 bridgehead atoms. The first kappa shape index (κ1) is 11.9. The largest absolute Gasteiger partial charge is 0.381 e. The van der Waals surface area contributed by atoms with Gasteiger partial charge in [0, 0.05) is 30.0 Å². The Morgan fingerprint density at radius 3 is 2.89 bits per heavy atom. The summed E-state index contributed by atoms with van der Waals surface area (Å²) in [6, 6.07) is 6.79. The molecule has 1 aromatic carbocycles. The molecule has 0 amide bonds. The number of halogens is 1. The average Bonchev–Trinajstić information content (AvgIpc) is 2.41. The molecule has 4 heteroatoms. The first-order chi connectivity index (χ1) is 8.83. The van der Waals surface area contributed by atoms with E-state index in [-0.39, 0.29) is 5.82 Å². The van der Waals surface area contributed by atoms with Gasteiger partial charge in [-0.25, -0.2) is 9.37 Å². The molecule has 3 rings (SSSR count). The van der Waals surface area contributed by atoms with Gasteiger partial charge in [0.1, 0.15) is 10.8 Å². The van der Waals surface area contributed by atoms with Crippen LogP contribution in [0.25, 0.3) is 10.8 Å². The second kappa shape index (κ2) is 5.24. The van der Waals surface area contributed by atoms with E-state index in [1.165, 1.54) is 6.07 Å². The van der Waals surface area contributed by atoms with Crippen LogP contribution in [0.3, 0.4) is 0 Å². The lowest BCUT2D eigenvalue weighted by Crippen LogP contribution is -2.17. The Labute approximate surface area is 110 Å². The molecule has 2 heterocycles. The number of aromatic nitrogens is 1. The highest BCUT2D eigenvalue weighted by Crippen LogP contribution is 2.33. The number of hydrogen-bond acceptors (Lipinski definition) is 3. The lowest BCUT2D eigenvalue weighted by molar-refractivity contribution is 0.1000. The fourth-order valence-corrected chi connectivity index (χ4v) is 3.33. The van der Waals surface area contributed by atoms with Crippen molar-refractivity contribution in [2.45, 2.75) is 23.1 Å². The van der Waals surface area contributed by atoms with Crippen LogP contribution in [0.2, 0.25) is 0 Å². The molecule has 1 aliphatic rings. The number of rotatable bonds is 2. The molecule has 0 saturated carbocycles. The molecule has 1 aromatic heterocycles. The number of pyridine rings is 1. The summed E-state index contributed by atoms with van der Waals surface area (Å²) in [5.74, 6) is -0.204. The van der Waals surface area contributed by atoms with Crippen molar-refractivity contribution in [1.29, 1.82) is 0 Å². The zero-order valence-electron chi connectivity index (χ0n) is 9.93. The number of hydrogen-bond donors (Lipinski definition) is 0. The molecule has 0 unspecified atom stereocenters. The fourth-order valence-electron chi connectivity index (χ4n) is 2.16. The molecular weight excluding hydrogens is 249 g/mol. The Kier molecular flexibility index (Phi) is 3.48. The van der Waals surface area contributed by atoms with Gasteiger partial charge in [0.2, 0.25) is 0 Å². The Morgan fingerprint density at radius 2 is 2.06 bits per heavy atom. The van der Waals surface area contributed by atoms with Crippen molar-refractivity contribution in [2.24, 2.45) is 0 Å². The second-order valence-corrected chi connectivity index (χ2v) is 5.70. The molecule has 1 aliphatic heterocycles. The maximum absolute atomic E-state index is 13.3. The van der Waals surface area contributed by atoms with Crippen molar-refractivity contribution in [3.05, 3.63) is 36.3 Å². The van der Waals surface area contributed by atoms with E-state index in [9.17, 15) is 4.39 Å². The highest BCUT2D eigenvalue weighted by atomic mass is 32.2. The summed E-state index contributed by atoms with van der Waals surface area (Å²) in [5, 5.41) is 3.41. The molecule has 0 aliphatic carbocycles. The van der Waals surface area contributed by atoms with Crippen LogP contribution in [-0.2, 0) is 4.74 Å². The maximum Gasteiger partial charge on any atom is 0.123 e. The summed E-state index contributed by atoms with van der Waals surface area (Å²) in [5.41, 5.74) is 0. The van der Waals surface area contributed by atoms with E-state index < -0.39 is 0 Å². The molecule has 1 fully saturated rings. The van der Waals surface area contributed by atoms with Crippen molar-refractivity contribution < 1.29 is 9.13 Å². The van der Waals surface area contributed by atoms with Crippen LogP contribution in [0.15, 0.2) is 35.5 Å². The van der Waals surface area contributed by atoms with Gasteiger partial charge in [0.15, 0.2) is 0 Å². The standard InChI is InChI=1S/C14H14FNOS/c15-11-2-1-10-3-6-16-14(13(10)9-11)18-12-4-7-17-8-5-12/h1-3,6,9,12H,4-5,7-8H2. The van der Waals surface area contributed by atoms with Crippen molar-refractivity contribution in [3.8, 4) is 0 Å². The minimum Gasteiger partial charge on any atom is -0.381 e. The summed E-state index contributed by atoms with van der Waals surface area (Å²) >= 11 is 1.74. The topological polar surface area (TPSA) is 22.1 Å². The van der Waals surface area contributed by atoms with Gasteiger partial charge in [-0.1, -0.05) is 6.07 Å². The molecule has 18 heavy (non-hydrogen) atoms. The lowest BCUT2D eigenvalue weighted by Gasteiger charge is -2.21. The van der Waals surface area contributed by atoms with E-state index in [0.29, 0.717) is 5.25 Å². The van der Waals surface area contributed by atoms with Crippen LogP contribution in [0.5, 0.6) is 0 Å². The van der Waals surface area contributed by atoms with E-state index in [1.807, 2.05) is 6.07 Å². The molecule has 0 spiro atoms. The first-order valence-corrected chi connectivity index (χ1v) is 6.99. The Morgan fingerprint density at radius 1 is 1.22 bits per heavy atom. The van der Waals surface area contributed by atoms with Gasteiger partial charge in [-0.15, -0.1) is 11.8 Å². The molecular formula is C14H14FNOS. The molecule has 94 valence electrons. The molecule has 0 atom stereocenters. The van der Waals surface area contributed by atoms with Crippen molar-refractivity contribution in [3.63, 3.8) is 0 Å². The maximum atomic E-state index is 13.3. The van der Waals surface area contributed by atoms with Crippen LogP contribution in [0.1, 0.15) is 12.8 Å². The third kappa shape index (κ3) is 2.49. The summed E-state index contributed by atoms with van der Waals surface area (Å²) in [7, 11) is 0. The predicted octanol–water partition coefficient (Wildman–Crippen LogP) is 3.65. The average molecular weight is 263 g/mol. The Bertz CT molecular complexity index is 554.